The Hall–Kier alpha value is -1.08. The van der Waals surface area contributed by atoms with Crippen LogP contribution in [0.2, 0.25) is 0 Å². The molecule has 0 saturated carbocycles. The number of carbonyl (C=O) groups is 1. The molecule has 1 aromatic heterocycles. The van der Waals surface area contributed by atoms with Crippen LogP contribution in [-0.2, 0) is 9.53 Å². The van der Waals surface area contributed by atoms with Gasteiger partial charge in [-0.25, -0.2) is 13.8 Å². The molecule has 1 heterocycles. The third-order valence-electron chi connectivity index (χ3n) is 2.01. The van der Waals surface area contributed by atoms with Gasteiger partial charge in [0.15, 0.2) is 0 Å². The van der Waals surface area contributed by atoms with E-state index in [-0.39, 0.29) is 18.9 Å². The zero-order chi connectivity index (χ0) is 13.5. The average Bonchev–Trinajstić information content (AvgIpc) is 2.29. The summed E-state index contributed by atoms with van der Waals surface area (Å²) in [6.07, 6.45) is -2.49. The van der Waals surface area contributed by atoms with Gasteiger partial charge in [-0.05, 0) is 35.0 Å². The van der Waals surface area contributed by atoms with Crippen molar-refractivity contribution < 1.29 is 18.3 Å². The number of pyridine rings is 1. The predicted octanol–water partition coefficient (Wildman–Crippen LogP) is 2.76. The molecule has 7 heteroatoms. The first-order valence-corrected chi connectivity index (χ1v) is 6.07. The minimum Gasteiger partial charge on any atom is -0.375 e. The molecule has 0 aliphatic heterocycles. The van der Waals surface area contributed by atoms with E-state index in [1.165, 1.54) is 0 Å². The van der Waals surface area contributed by atoms with E-state index in [1.54, 1.807) is 19.1 Å². The van der Waals surface area contributed by atoms with Crippen molar-refractivity contribution in [2.24, 2.45) is 0 Å². The Kier molecular flexibility index (Phi) is 6.14. The van der Waals surface area contributed by atoms with Gasteiger partial charge >= 0.3 is 0 Å². The Morgan fingerprint density at radius 1 is 1.56 bits per heavy atom. The zero-order valence-electron chi connectivity index (χ0n) is 9.75. The molecule has 0 fully saturated rings. The van der Waals surface area contributed by atoms with E-state index >= 15 is 0 Å². The molecule has 0 unspecified atom stereocenters. The van der Waals surface area contributed by atoms with Crippen LogP contribution in [0.15, 0.2) is 16.6 Å². The Balaban J connectivity index is 2.33. The van der Waals surface area contributed by atoms with E-state index in [1.807, 2.05) is 0 Å². The van der Waals surface area contributed by atoms with E-state index in [0.29, 0.717) is 5.82 Å². The van der Waals surface area contributed by atoms with Crippen molar-refractivity contribution in [3.63, 3.8) is 0 Å². The summed E-state index contributed by atoms with van der Waals surface area (Å²) in [5, 5.41) is 2.56. The van der Waals surface area contributed by atoms with Gasteiger partial charge in [0.05, 0.1) is 18.7 Å². The summed E-state index contributed by atoms with van der Waals surface area (Å²) in [4.78, 5) is 15.6. The second kappa shape index (κ2) is 7.38. The van der Waals surface area contributed by atoms with E-state index in [4.69, 9.17) is 0 Å². The molecule has 0 atom stereocenters. The lowest BCUT2D eigenvalue weighted by Crippen LogP contribution is -2.16. The molecule has 0 aliphatic carbocycles. The Bertz CT molecular complexity index is 416. The number of aryl methyl sites for hydroxylation is 1. The molecule has 1 amide bonds. The summed E-state index contributed by atoms with van der Waals surface area (Å²) in [5.74, 6) is 0.105. The first-order chi connectivity index (χ1) is 8.49. The molecule has 0 aromatic carbocycles. The molecule has 1 aromatic rings. The molecule has 0 spiro atoms. The highest BCUT2D eigenvalue weighted by Gasteiger charge is 2.06. The van der Waals surface area contributed by atoms with Gasteiger partial charge in [-0.2, -0.15) is 0 Å². The number of amides is 1. The number of anilines is 1. The molecule has 18 heavy (non-hydrogen) atoms. The largest absolute Gasteiger partial charge is 0.375 e. The number of nitrogens with one attached hydrogen (secondary N) is 1. The molecule has 0 aliphatic rings. The summed E-state index contributed by atoms with van der Waals surface area (Å²) in [5.41, 5.74) is 0.752. The maximum absolute atomic E-state index is 11.7. The number of nitrogens with zero attached hydrogens (tertiary/aromatic N) is 1. The maximum atomic E-state index is 11.7. The Morgan fingerprint density at radius 3 is 2.89 bits per heavy atom. The number of carbonyl (C=O) groups excluding carboxylic acids is 1. The number of rotatable bonds is 6. The number of halogens is 3. The van der Waals surface area contributed by atoms with Crippen molar-refractivity contribution in [2.45, 2.75) is 19.8 Å². The third kappa shape index (κ3) is 5.50. The molecule has 4 nitrogen and oxygen atoms in total. The van der Waals surface area contributed by atoms with Crippen LogP contribution in [0, 0.1) is 6.92 Å². The number of hydrogen-bond acceptors (Lipinski definition) is 3. The van der Waals surface area contributed by atoms with Crippen molar-refractivity contribution in [2.75, 3.05) is 18.5 Å². The van der Waals surface area contributed by atoms with E-state index in [9.17, 15) is 13.6 Å². The molecule has 1 N–H and O–H groups in total. The standard InChI is InChI=1S/C11H13BrF2N2O2/c1-7-8(12)2-3-10(15-7)16-11(17)4-5-18-6-9(13)14/h2-3,9H,4-6H2,1H3,(H,15,16,17). The molecular weight excluding hydrogens is 310 g/mol. The lowest BCUT2D eigenvalue weighted by atomic mass is 10.3. The van der Waals surface area contributed by atoms with Gasteiger partial charge in [-0.1, -0.05) is 0 Å². The van der Waals surface area contributed by atoms with Crippen molar-refractivity contribution in [1.82, 2.24) is 4.98 Å². The topological polar surface area (TPSA) is 51.2 Å². The zero-order valence-corrected chi connectivity index (χ0v) is 11.3. The second-order valence-electron chi connectivity index (χ2n) is 3.53. The van der Waals surface area contributed by atoms with Gasteiger partial charge in [0, 0.05) is 4.47 Å². The predicted molar refractivity (Wildman–Crippen MR) is 66.7 cm³/mol. The van der Waals surface area contributed by atoms with Crippen molar-refractivity contribution in [3.8, 4) is 0 Å². The highest BCUT2D eigenvalue weighted by Crippen LogP contribution is 2.16. The van der Waals surface area contributed by atoms with Gasteiger partial charge in [0.2, 0.25) is 5.91 Å². The van der Waals surface area contributed by atoms with Crippen LogP contribution >= 0.6 is 15.9 Å². The number of hydrogen-bond donors (Lipinski definition) is 1. The van der Waals surface area contributed by atoms with Gasteiger partial charge in [-0.3, -0.25) is 4.79 Å². The molecule has 0 saturated heterocycles. The normalized spacial score (nSPS) is 10.7. The lowest BCUT2D eigenvalue weighted by molar-refractivity contribution is -0.117. The Labute approximate surface area is 112 Å². The van der Waals surface area contributed by atoms with Crippen LogP contribution in [0.4, 0.5) is 14.6 Å². The van der Waals surface area contributed by atoms with Crippen molar-refractivity contribution >= 4 is 27.7 Å². The minimum atomic E-state index is -2.51. The van der Waals surface area contributed by atoms with E-state index < -0.39 is 13.0 Å². The lowest BCUT2D eigenvalue weighted by Gasteiger charge is -2.06. The van der Waals surface area contributed by atoms with Crippen LogP contribution in [0.25, 0.3) is 0 Å². The third-order valence-corrected chi connectivity index (χ3v) is 2.84. The second-order valence-corrected chi connectivity index (χ2v) is 4.38. The van der Waals surface area contributed by atoms with E-state index in [0.717, 1.165) is 10.2 Å². The summed E-state index contributed by atoms with van der Waals surface area (Å²) in [7, 11) is 0. The van der Waals surface area contributed by atoms with E-state index in [2.05, 4.69) is 31.0 Å². The smallest absolute Gasteiger partial charge is 0.261 e. The average molecular weight is 323 g/mol. The summed E-state index contributed by atoms with van der Waals surface area (Å²) < 4.78 is 29.0. The van der Waals surface area contributed by atoms with Crippen LogP contribution in [0.1, 0.15) is 12.1 Å². The highest BCUT2D eigenvalue weighted by atomic mass is 79.9. The van der Waals surface area contributed by atoms with Crippen molar-refractivity contribution in [3.05, 3.63) is 22.3 Å². The van der Waals surface area contributed by atoms with Gasteiger partial charge < -0.3 is 10.1 Å². The van der Waals surface area contributed by atoms with Crippen LogP contribution in [0.5, 0.6) is 0 Å². The Morgan fingerprint density at radius 2 is 2.28 bits per heavy atom. The maximum Gasteiger partial charge on any atom is 0.261 e. The molecule has 0 radical (unpaired) electrons. The molecule has 100 valence electrons. The molecule has 0 bridgehead atoms. The fraction of sp³-hybridized carbons (Fsp3) is 0.455. The number of aromatic nitrogens is 1. The van der Waals surface area contributed by atoms with Crippen LogP contribution in [0.3, 0.4) is 0 Å². The summed E-state index contributed by atoms with van der Waals surface area (Å²) in [6.45, 7) is 1.11. The minimum absolute atomic E-state index is 0.0174. The fourth-order valence-electron chi connectivity index (χ4n) is 1.16. The number of ether oxygens (including phenoxy) is 1. The summed E-state index contributed by atoms with van der Waals surface area (Å²) in [6, 6.07) is 3.42. The highest BCUT2D eigenvalue weighted by molar-refractivity contribution is 9.10. The van der Waals surface area contributed by atoms with Gasteiger partial charge in [0.25, 0.3) is 6.43 Å². The molecular formula is C11H13BrF2N2O2. The fourth-order valence-corrected chi connectivity index (χ4v) is 1.38. The van der Waals surface area contributed by atoms with Gasteiger partial charge in [-0.15, -0.1) is 0 Å². The monoisotopic (exact) mass is 322 g/mol. The van der Waals surface area contributed by atoms with Crippen LogP contribution < -0.4 is 5.32 Å². The van der Waals surface area contributed by atoms with Crippen molar-refractivity contribution in [1.29, 1.82) is 0 Å². The number of alkyl halides is 2. The SMILES string of the molecule is Cc1nc(NC(=O)CCOCC(F)F)ccc1Br. The summed E-state index contributed by atoms with van der Waals surface area (Å²) >= 11 is 3.29. The van der Waals surface area contributed by atoms with Gasteiger partial charge in [0.1, 0.15) is 12.4 Å². The quantitative estimate of drug-likeness (QED) is 0.819. The first-order valence-electron chi connectivity index (χ1n) is 5.28. The molecule has 1 rings (SSSR count). The first kappa shape index (κ1) is 15.0. The van der Waals surface area contributed by atoms with Crippen LogP contribution in [-0.4, -0.2) is 30.5 Å².